The number of aliphatic hydroxyl groups is 2. The van der Waals surface area contributed by atoms with Gasteiger partial charge in [-0.15, -0.1) is 0 Å². The minimum Gasteiger partial charge on any atom is -0.497 e. The van der Waals surface area contributed by atoms with Gasteiger partial charge in [-0.2, -0.15) is 10.2 Å². The molecule has 8 heterocycles. The van der Waals surface area contributed by atoms with Crippen molar-refractivity contribution in [1.29, 1.82) is 0 Å². The summed E-state index contributed by atoms with van der Waals surface area (Å²) < 4.78 is 62.1. The zero-order chi connectivity index (χ0) is 56.4. The van der Waals surface area contributed by atoms with Crippen LogP contribution in [0.5, 0.6) is 11.5 Å². The van der Waals surface area contributed by atoms with E-state index in [1.54, 1.807) is 41.9 Å². The van der Waals surface area contributed by atoms with Crippen molar-refractivity contribution in [3.63, 3.8) is 0 Å². The molecule has 6 aromatic heterocycles. The quantitative estimate of drug-likeness (QED) is 0.121. The minimum atomic E-state index is -1.04. The van der Waals surface area contributed by atoms with Crippen LogP contribution in [0.3, 0.4) is 0 Å². The average Bonchev–Trinajstić information content (AvgIpc) is 4.18. The fourth-order valence-electron chi connectivity index (χ4n) is 12.4. The smallest absolute Gasteiger partial charge is 0.132 e. The molecule has 12 rings (SSSR count). The number of hydrogen-bond acceptors (Lipinski definition) is 10. The van der Waals surface area contributed by atoms with E-state index in [2.05, 4.69) is 31.5 Å². The normalized spacial score (nSPS) is 15.7. The summed E-state index contributed by atoms with van der Waals surface area (Å²) in [5, 5.41) is 32.7. The topological polar surface area (TPSA) is 149 Å². The van der Waals surface area contributed by atoms with Gasteiger partial charge in [0.2, 0.25) is 0 Å². The second kappa shape index (κ2) is 21.5. The number of halogens is 2. The lowest BCUT2D eigenvalue weighted by molar-refractivity contribution is 0.0547. The Morgan fingerprint density at radius 1 is 0.537 bits per heavy atom. The Morgan fingerprint density at radius 3 is 1.25 bits per heavy atom. The Labute approximate surface area is 464 Å². The van der Waals surface area contributed by atoms with Crippen LogP contribution in [-0.2, 0) is 34.8 Å². The maximum absolute atomic E-state index is 15.9. The van der Waals surface area contributed by atoms with Gasteiger partial charge in [-0.25, -0.2) is 8.78 Å². The molecule has 0 saturated carbocycles. The van der Waals surface area contributed by atoms with E-state index in [1.807, 2.05) is 123 Å². The summed E-state index contributed by atoms with van der Waals surface area (Å²) in [6.07, 6.45) is 10.7. The molecular weight excluding hydrogens is 1010 g/mol. The lowest BCUT2D eigenvalue weighted by Crippen LogP contribution is -2.27. The molecule has 2 aliphatic heterocycles. The number of aromatic nitrogens is 8. The zero-order valence-electron chi connectivity index (χ0n) is 47.2. The van der Waals surface area contributed by atoms with Crippen LogP contribution < -0.4 is 9.47 Å². The van der Waals surface area contributed by atoms with Crippen molar-refractivity contribution in [2.75, 3.05) is 40.6 Å². The van der Waals surface area contributed by atoms with E-state index in [1.165, 1.54) is 12.1 Å². The second-order valence-corrected chi connectivity index (χ2v) is 22.7. The van der Waals surface area contributed by atoms with Gasteiger partial charge in [0.25, 0.3) is 0 Å². The van der Waals surface area contributed by atoms with Crippen molar-refractivity contribution in [2.45, 2.75) is 90.5 Å². The molecule has 2 saturated heterocycles. The first-order valence-electron chi connectivity index (χ1n) is 27.5. The number of rotatable bonds is 12. The number of ether oxygens (including phenoxy) is 4. The molecule has 2 atom stereocenters. The number of hydrogen-bond donors (Lipinski definition) is 2. The molecule has 2 unspecified atom stereocenters. The highest BCUT2D eigenvalue weighted by Crippen LogP contribution is 2.46. The Bertz CT molecular complexity index is 3630. The maximum atomic E-state index is 15.9. The highest BCUT2D eigenvalue weighted by atomic mass is 19.1. The molecule has 16 heteroatoms. The number of nitrogens with zero attached hydrogens (tertiary/aromatic N) is 8. The van der Waals surface area contributed by atoms with Crippen molar-refractivity contribution in [3.8, 4) is 34.0 Å². The van der Waals surface area contributed by atoms with E-state index in [0.717, 1.165) is 114 Å². The van der Waals surface area contributed by atoms with Crippen LogP contribution in [0.1, 0.15) is 98.8 Å². The van der Waals surface area contributed by atoms with Crippen molar-refractivity contribution < 1.29 is 37.9 Å². The summed E-state index contributed by atoms with van der Waals surface area (Å²) in [5.74, 6) is 0.599. The van der Waals surface area contributed by atoms with Crippen LogP contribution in [0.2, 0.25) is 0 Å². The van der Waals surface area contributed by atoms with Gasteiger partial charge in [-0.05, 0) is 138 Å². The number of fused-ring (bicyclic) bond motifs is 6. The van der Waals surface area contributed by atoms with Gasteiger partial charge in [0.05, 0.1) is 94.4 Å². The first kappa shape index (κ1) is 54.5. The summed E-state index contributed by atoms with van der Waals surface area (Å²) in [4.78, 5) is 9.94. The Balaban J connectivity index is 0.000000169. The molecule has 0 radical (unpaired) electrons. The highest BCUT2D eigenvalue weighted by molar-refractivity contribution is 6.08. The minimum absolute atomic E-state index is 0.128. The number of methoxy groups -OCH3 is 2. The van der Waals surface area contributed by atoms with Gasteiger partial charge in [0.1, 0.15) is 23.1 Å². The van der Waals surface area contributed by atoms with E-state index < -0.39 is 11.2 Å². The third-order valence-electron chi connectivity index (χ3n) is 16.5. The highest BCUT2D eigenvalue weighted by Gasteiger charge is 2.35. The van der Waals surface area contributed by atoms with E-state index >= 15 is 8.78 Å². The molecule has 80 heavy (non-hydrogen) atoms. The van der Waals surface area contributed by atoms with Gasteiger partial charge in [0, 0.05) is 98.1 Å². The largest absolute Gasteiger partial charge is 0.497 e. The summed E-state index contributed by atoms with van der Waals surface area (Å²) in [6, 6.07) is 25.9. The van der Waals surface area contributed by atoms with Crippen molar-refractivity contribution in [1.82, 2.24) is 38.7 Å². The lowest BCUT2D eigenvalue weighted by Gasteiger charge is -2.33. The van der Waals surface area contributed by atoms with Gasteiger partial charge in [-0.3, -0.25) is 19.3 Å². The van der Waals surface area contributed by atoms with E-state index in [0.29, 0.717) is 49.1 Å². The van der Waals surface area contributed by atoms with Gasteiger partial charge in [-0.1, -0.05) is 36.4 Å². The predicted octanol–water partition coefficient (Wildman–Crippen LogP) is 12.6. The lowest BCUT2D eigenvalue weighted by atomic mass is 9.86. The van der Waals surface area contributed by atoms with Gasteiger partial charge < -0.3 is 38.3 Å². The third-order valence-corrected chi connectivity index (χ3v) is 16.5. The average molecular weight is 1090 g/mol. The second-order valence-electron chi connectivity index (χ2n) is 22.7. The Hall–Kier alpha value is -7.50. The fraction of sp³-hybridized carbons (Fsp3) is 0.375. The first-order valence-corrected chi connectivity index (χ1v) is 27.5. The monoisotopic (exact) mass is 1080 g/mol. The molecule has 0 bridgehead atoms. The molecule has 14 nitrogen and oxygen atoms in total. The molecule has 2 N–H and O–H groups in total. The van der Waals surface area contributed by atoms with Crippen LogP contribution in [0, 0.1) is 37.3 Å². The molecule has 416 valence electrons. The van der Waals surface area contributed by atoms with E-state index in [4.69, 9.17) is 28.9 Å². The standard InChI is InChI=1S/2C32H35FN4O3/c2*1-19-17-35-36(4)30(19)21-14-28-29(34-18-21)25-8-6-22(32(2,3)38)15-27(25)37(28)31(20-10-12-40-13-11-20)24-9-7-23(39-5)16-26(24)33/h2*6-9,14-18,20,31,38H,10-13H2,1-5H3. The number of aryl methyl sites for hydroxylation is 4. The molecule has 0 spiro atoms. The fourth-order valence-corrected chi connectivity index (χ4v) is 12.4. The maximum Gasteiger partial charge on any atom is 0.132 e. The molecule has 10 aromatic rings. The zero-order valence-corrected chi connectivity index (χ0v) is 47.2. The number of pyridine rings is 2. The van der Waals surface area contributed by atoms with Crippen LogP contribution >= 0.6 is 0 Å². The van der Waals surface area contributed by atoms with Crippen LogP contribution in [0.15, 0.2) is 110 Å². The molecule has 4 aromatic carbocycles. The Kier molecular flexibility index (Phi) is 14.6. The predicted molar refractivity (Wildman–Crippen MR) is 308 cm³/mol. The molecule has 0 aliphatic carbocycles. The van der Waals surface area contributed by atoms with Crippen LogP contribution in [0.25, 0.3) is 66.4 Å². The summed E-state index contributed by atoms with van der Waals surface area (Å²) in [5.41, 5.74) is 12.0. The van der Waals surface area contributed by atoms with Crippen molar-refractivity contribution in [2.24, 2.45) is 25.9 Å². The van der Waals surface area contributed by atoms with Crippen molar-refractivity contribution in [3.05, 3.63) is 155 Å². The third kappa shape index (κ3) is 10.0. The van der Waals surface area contributed by atoms with Gasteiger partial charge >= 0.3 is 0 Å². The SMILES string of the molecule is COc1ccc(C(C2CCOCC2)n2c3cc(C(C)(C)O)ccc3c3ncc(-c4c(C)cnn4C)cc32)c(F)c1.COc1ccc(C(C2CCOCC2)n2c3cc(C(C)(C)O)ccc3c3ncc(-c4c(C)cnn4C)cc32)c(F)c1. The Morgan fingerprint density at radius 2 is 0.925 bits per heavy atom. The molecule has 2 aliphatic rings. The summed E-state index contributed by atoms with van der Waals surface area (Å²) in [7, 11) is 6.94. The summed E-state index contributed by atoms with van der Waals surface area (Å²) in [6.45, 7) is 13.7. The number of benzene rings is 4. The summed E-state index contributed by atoms with van der Waals surface area (Å²) >= 11 is 0. The van der Waals surface area contributed by atoms with Crippen LogP contribution in [0.4, 0.5) is 8.78 Å². The van der Waals surface area contributed by atoms with E-state index in [-0.39, 0.29) is 35.6 Å². The van der Waals surface area contributed by atoms with Gasteiger partial charge in [0.15, 0.2) is 0 Å². The first-order chi connectivity index (χ1) is 38.3. The van der Waals surface area contributed by atoms with E-state index in [9.17, 15) is 10.2 Å². The van der Waals surface area contributed by atoms with Crippen molar-refractivity contribution >= 4 is 43.9 Å². The van der Waals surface area contributed by atoms with Crippen LogP contribution in [-0.4, -0.2) is 89.5 Å². The molecule has 2 fully saturated rings. The molecule has 0 amide bonds. The molecular formula is C64H70F2N8O6.